The van der Waals surface area contributed by atoms with E-state index in [1.807, 2.05) is 13.8 Å². The maximum Gasteiger partial charge on any atom is 0.322 e. The Labute approximate surface area is 146 Å². The first kappa shape index (κ1) is 17.4. The van der Waals surface area contributed by atoms with Crippen LogP contribution in [-0.2, 0) is 0 Å². The number of nitrogens with one attached hydrogen (secondary N) is 1. The average molecular weight is 346 g/mol. The Balaban J connectivity index is 1.74. The number of nitrogens with zero attached hydrogens (tertiary/aromatic N) is 3. The molecule has 0 radical (unpaired) electrons. The topological polar surface area (TPSA) is 70.4 Å². The molecule has 2 heterocycles. The minimum atomic E-state index is -0.466. The number of urea groups is 1. The molecule has 25 heavy (non-hydrogen) atoms. The van der Waals surface area contributed by atoms with Crippen LogP contribution in [0.5, 0.6) is 0 Å². The van der Waals surface area contributed by atoms with Crippen molar-refractivity contribution >= 4 is 11.7 Å². The Hall–Kier alpha value is -2.41. The monoisotopic (exact) mass is 346 g/mol. The van der Waals surface area contributed by atoms with E-state index >= 15 is 0 Å². The molecule has 0 saturated carbocycles. The second-order valence-electron chi connectivity index (χ2n) is 6.62. The first-order valence-electron chi connectivity index (χ1n) is 8.49. The molecule has 6 nitrogen and oxygen atoms in total. The smallest absolute Gasteiger partial charge is 0.322 e. The maximum atomic E-state index is 14.4. The molecule has 0 aliphatic carbocycles. The fourth-order valence-corrected chi connectivity index (χ4v) is 3.29. The molecule has 1 saturated heterocycles. The zero-order valence-electron chi connectivity index (χ0n) is 14.4. The lowest BCUT2D eigenvalue weighted by Crippen LogP contribution is -2.51. The second-order valence-corrected chi connectivity index (χ2v) is 6.62. The molecule has 2 unspecified atom stereocenters. The van der Waals surface area contributed by atoms with Crippen molar-refractivity contribution in [1.29, 1.82) is 0 Å². The number of aliphatic hydroxyl groups excluding tert-OH is 1. The number of amides is 2. The summed E-state index contributed by atoms with van der Waals surface area (Å²) in [6.07, 6.45) is 5.28. The molecule has 7 heteroatoms. The summed E-state index contributed by atoms with van der Waals surface area (Å²) < 4.78 is 15.8. The summed E-state index contributed by atoms with van der Waals surface area (Å²) >= 11 is 0. The molecule has 1 aliphatic heterocycles. The number of aromatic nitrogens is 2. The van der Waals surface area contributed by atoms with Gasteiger partial charge in [0.05, 0.1) is 18.8 Å². The Morgan fingerprint density at radius 1 is 1.48 bits per heavy atom. The summed E-state index contributed by atoms with van der Waals surface area (Å²) in [6.45, 7) is 4.43. The molecule has 0 spiro atoms. The highest BCUT2D eigenvalue weighted by molar-refractivity contribution is 5.89. The molecule has 1 fully saturated rings. The van der Waals surface area contributed by atoms with Gasteiger partial charge in [-0.15, -0.1) is 0 Å². The second kappa shape index (κ2) is 7.23. The van der Waals surface area contributed by atoms with Crippen LogP contribution in [0.4, 0.5) is 14.9 Å². The van der Waals surface area contributed by atoms with E-state index in [1.54, 1.807) is 29.4 Å². The first-order valence-corrected chi connectivity index (χ1v) is 8.49. The van der Waals surface area contributed by atoms with Gasteiger partial charge in [0, 0.05) is 18.4 Å². The summed E-state index contributed by atoms with van der Waals surface area (Å²) in [5.41, 5.74) is 1.64. The van der Waals surface area contributed by atoms with E-state index in [1.165, 1.54) is 10.7 Å². The zero-order valence-corrected chi connectivity index (χ0v) is 14.4. The molecule has 134 valence electrons. The molecule has 2 atom stereocenters. The molecule has 2 N–H and O–H groups in total. The van der Waals surface area contributed by atoms with Crippen molar-refractivity contribution < 1.29 is 14.3 Å². The number of aliphatic hydroxyl groups is 1. The number of anilines is 1. The SMILES string of the molecule is Cc1cnn(-c2ccc(NC(=O)N3CCCC(C)C3CO)cc2F)c1. The lowest BCUT2D eigenvalue weighted by molar-refractivity contribution is 0.0811. The summed E-state index contributed by atoms with van der Waals surface area (Å²) in [4.78, 5) is 14.2. The molecule has 2 aromatic rings. The summed E-state index contributed by atoms with van der Waals surface area (Å²) in [7, 11) is 0. The molecular weight excluding hydrogens is 323 g/mol. The molecule has 1 aliphatic rings. The van der Waals surface area contributed by atoms with Crippen LogP contribution >= 0.6 is 0 Å². The Kier molecular flexibility index (Phi) is 5.03. The van der Waals surface area contributed by atoms with Crippen molar-refractivity contribution in [2.75, 3.05) is 18.5 Å². The summed E-state index contributed by atoms with van der Waals surface area (Å²) in [5.74, 6) is -0.224. The summed E-state index contributed by atoms with van der Waals surface area (Å²) in [5, 5.41) is 16.4. The van der Waals surface area contributed by atoms with Crippen LogP contribution in [0.15, 0.2) is 30.6 Å². The molecular formula is C18H23FN4O2. The van der Waals surface area contributed by atoms with Crippen LogP contribution in [0.25, 0.3) is 5.69 Å². The van der Waals surface area contributed by atoms with Gasteiger partial charge < -0.3 is 15.3 Å². The molecule has 0 bridgehead atoms. The molecule has 2 amide bonds. The molecule has 3 rings (SSSR count). The number of likely N-dealkylation sites (tertiary alicyclic amines) is 1. The van der Waals surface area contributed by atoms with E-state index in [-0.39, 0.29) is 24.6 Å². The highest BCUT2D eigenvalue weighted by Gasteiger charge is 2.31. The number of aryl methyl sites for hydroxylation is 1. The van der Waals surface area contributed by atoms with Gasteiger partial charge in [-0.3, -0.25) is 0 Å². The van der Waals surface area contributed by atoms with E-state index in [2.05, 4.69) is 10.4 Å². The maximum absolute atomic E-state index is 14.4. The third-order valence-electron chi connectivity index (χ3n) is 4.72. The Bertz CT molecular complexity index is 761. The average Bonchev–Trinajstić information content (AvgIpc) is 3.00. The first-order chi connectivity index (χ1) is 12.0. The van der Waals surface area contributed by atoms with Crippen LogP contribution in [-0.4, -0.2) is 45.0 Å². The molecule has 1 aromatic heterocycles. The van der Waals surface area contributed by atoms with Crippen LogP contribution in [0.3, 0.4) is 0 Å². The Morgan fingerprint density at radius 2 is 2.28 bits per heavy atom. The van der Waals surface area contributed by atoms with Gasteiger partial charge in [-0.05, 0) is 49.4 Å². The standard InChI is InChI=1S/C18H23FN4O2/c1-12-9-20-23(10-12)16-6-5-14(8-15(16)19)21-18(25)22-7-3-4-13(2)17(22)11-24/h5-6,8-10,13,17,24H,3-4,7,11H2,1-2H3,(H,21,25). The van der Waals surface area contributed by atoms with Crippen LogP contribution in [0.2, 0.25) is 0 Å². The quantitative estimate of drug-likeness (QED) is 0.898. The van der Waals surface area contributed by atoms with Crippen molar-refractivity contribution in [2.45, 2.75) is 32.7 Å². The van der Waals surface area contributed by atoms with Crippen LogP contribution in [0, 0.1) is 18.7 Å². The number of rotatable bonds is 3. The third-order valence-corrected chi connectivity index (χ3v) is 4.72. The van der Waals surface area contributed by atoms with Crippen LogP contribution in [0.1, 0.15) is 25.3 Å². The largest absolute Gasteiger partial charge is 0.394 e. The van der Waals surface area contributed by atoms with Crippen molar-refractivity contribution in [3.8, 4) is 5.69 Å². The van der Waals surface area contributed by atoms with Gasteiger partial charge >= 0.3 is 6.03 Å². The fourth-order valence-electron chi connectivity index (χ4n) is 3.29. The number of hydrogen-bond acceptors (Lipinski definition) is 3. The minimum absolute atomic E-state index is 0.0689. The third kappa shape index (κ3) is 3.66. The molecule has 1 aromatic carbocycles. The van der Waals surface area contributed by atoms with E-state index in [0.29, 0.717) is 17.9 Å². The van der Waals surface area contributed by atoms with E-state index < -0.39 is 5.82 Å². The summed E-state index contributed by atoms with van der Waals surface area (Å²) in [6, 6.07) is 4.00. The minimum Gasteiger partial charge on any atom is -0.394 e. The van der Waals surface area contributed by atoms with E-state index in [4.69, 9.17) is 0 Å². The highest BCUT2D eigenvalue weighted by atomic mass is 19.1. The number of piperidine rings is 1. The lowest BCUT2D eigenvalue weighted by Gasteiger charge is -2.38. The number of carbonyl (C=O) groups is 1. The van der Waals surface area contributed by atoms with Gasteiger partial charge in [-0.2, -0.15) is 5.10 Å². The van der Waals surface area contributed by atoms with Gasteiger partial charge in [-0.25, -0.2) is 13.9 Å². The van der Waals surface area contributed by atoms with Gasteiger partial charge in [-0.1, -0.05) is 6.92 Å². The number of carbonyl (C=O) groups excluding carboxylic acids is 1. The zero-order chi connectivity index (χ0) is 18.0. The van der Waals surface area contributed by atoms with E-state index in [9.17, 15) is 14.3 Å². The van der Waals surface area contributed by atoms with Crippen LogP contribution < -0.4 is 5.32 Å². The number of benzene rings is 1. The van der Waals surface area contributed by atoms with Crippen molar-refractivity contribution in [3.63, 3.8) is 0 Å². The van der Waals surface area contributed by atoms with Crippen molar-refractivity contribution in [3.05, 3.63) is 42.0 Å². The van der Waals surface area contributed by atoms with Gasteiger partial charge in [0.2, 0.25) is 0 Å². The lowest BCUT2D eigenvalue weighted by atomic mass is 9.91. The van der Waals surface area contributed by atoms with E-state index in [0.717, 1.165) is 18.4 Å². The van der Waals surface area contributed by atoms with Gasteiger partial charge in [0.1, 0.15) is 5.69 Å². The Morgan fingerprint density at radius 3 is 2.92 bits per heavy atom. The fraction of sp³-hybridized carbons (Fsp3) is 0.444. The van der Waals surface area contributed by atoms with Gasteiger partial charge in [0.25, 0.3) is 0 Å². The van der Waals surface area contributed by atoms with Gasteiger partial charge in [0.15, 0.2) is 5.82 Å². The van der Waals surface area contributed by atoms with Crippen molar-refractivity contribution in [2.24, 2.45) is 5.92 Å². The predicted molar refractivity (Wildman–Crippen MR) is 93.3 cm³/mol. The number of hydrogen-bond donors (Lipinski definition) is 2. The normalized spacial score (nSPS) is 20.6. The highest BCUT2D eigenvalue weighted by Crippen LogP contribution is 2.24. The predicted octanol–water partition coefficient (Wildman–Crippen LogP) is 2.94. The van der Waals surface area contributed by atoms with Crippen molar-refractivity contribution in [1.82, 2.24) is 14.7 Å². The number of halogens is 1.